The van der Waals surface area contributed by atoms with Gasteiger partial charge in [-0.05, 0) is 11.6 Å². The van der Waals surface area contributed by atoms with Gasteiger partial charge in [-0.1, -0.05) is 48.5 Å². The fourth-order valence-electron chi connectivity index (χ4n) is 2.64. The zero-order valence-corrected chi connectivity index (χ0v) is 14.9. The highest BCUT2D eigenvalue weighted by Gasteiger charge is 2.16. The Balaban J connectivity index is 1.62. The molecule has 138 valence electrons. The highest BCUT2D eigenvalue weighted by atomic mass is 16.5. The van der Waals surface area contributed by atoms with Gasteiger partial charge in [0, 0.05) is 12.1 Å². The number of para-hydroxylation sites is 1. The van der Waals surface area contributed by atoms with E-state index < -0.39 is 0 Å². The van der Waals surface area contributed by atoms with Gasteiger partial charge in [0.2, 0.25) is 5.91 Å². The highest BCUT2D eigenvalue weighted by molar-refractivity contribution is 6.02. The summed E-state index contributed by atoms with van der Waals surface area (Å²) in [6, 6.07) is 16.9. The minimum atomic E-state index is -0.344. The summed E-state index contributed by atoms with van der Waals surface area (Å²) in [5.41, 5.74) is 2.28. The number of aromatic amines is 1. The fourth-order valence-corrected chi connectivity index (χ4v) is 2.64. The van der Waals surface area contributed by atoms with Gasteiger partial charge in [-0.2, -0.15) is 5.10 Å². The number of H-pyrrole nitrogens is 1. The molecule has 0 atom stereocenters. The summed E-state index contributed by atoms with van der Waals surface area (Å²) in [6.07, 6.45) is 1.54. The predicted octanol–water partition coefficient (Wildman–Crippen LogP) is 2.53. The van der Waals surface area contributed by atoms with E-state index in [4.69, 9.17) is 4.74 Å². The molecule has 7 heteroatoms. The van der Waals surface area contributed by atoms with Crippen molar-refractivity contribution in [2.75, 3.05) is 12.4 Å². The quantitative estimate of drug-likeness (QED) is 0.600. The van der Waals surface area contributed by atoms with Crippen molar-refractivity contribution >= 4 is 17.5 Å². The van der Waals surface area contributed by atoms with Crippen LogP contribution in [0.5, 0.6) is 5.75 Å². The average molecular weight is 364 g/mol. The smallest absolute Gasteiger partial charge is 0.271 e. The Morgan fingerprint density at radius 3 is 2.59 bits per heavy atom. The molecular weight excluding hydrogens is 344 g/mol. The minimum absolute atomic E-state index is 0.125. The van der Waals surface area contributed by atoms with E-state index in [1.165, 1.54) is 6.20 Å². The lowest BCUT2D eigenvalue weighted by Gasteiger charge is -2.09. The van der Waals surface area contributed by atoms with Crippen molar-refractivity contribution in [2.24, 2.45) is 0 Å². The Labute approximate surface area is 156 Å². The van der Waals surface area contributed by atoms with Gasteiger partial charge in [0.25, 0.3) is 5.91 Å². The number of aromatic nitrogens is 2. The predicted molar refractivity (Wildman–Crippen MR) is 102 cm³/mol. The lowest BCUT2D eigenvalue weighted by Crippen LogP contribution is -2.25. The number of nitrogens with zero attached hydrogens (tertiary/aromatic N) is 1. The molecule has 0 saturated carbocycles. The van der Waals surface area contributed by atoms with Crippen molar-refractivity contribution in [1.82, 2.24) is 15.5 Å². The third kappa shape index (κ3) is 4.72. The maximum atomic E-state index is 12.4. The van der Waals surface area contributed by atoms with E-state index in [0.29, 0.717) is 18.0 Å². The molecule has 0 aliphatic carbocycles. The molecule has 0 fully saturated rings. The number of rotatable bonds is 7. The van der Waals surface area contributed by atoms with Gasteiger partial charge in [-0.15, -0.1) is 0 Å². The van der Waals surface area contributed by atoms with Crippen LogP contribution in [0.15, 0.2) is 60.8 Å². The molecule has 3 aromatic rings. The summed E-state index contributed by atoms with van der Waals surface area (Å²) in [5, 5.41) is 12.0. The number of amides is 2. The third-order valence-corrected chi connectivity index (χ3v) is 3.98. The Morgan fingerprint density at radius 1 is 1.07 bits per heavy atom. The second-order valence-electron chi connectivity index (χ2n) is 5.86. The lowest BCUT2D eigenvalue weighted by molar-refractivity contribution is -0.115. The largest absolute Gasteiger partial charge is 0.496 e. The van der Waals surface area contributed by atoms with Crippen molar-refractivity contribution in [2.45, 2.75) is 13.0 Å². The summed E-state index contributed by atoms with van der Waals surface area (Å²) in [7, 11) is 1.56. The van der Waals surface area contributed by atoms with Crippen LogP contribution in [0.25, 0.3) is 0 Å². The molecule has 0 aliphatic heterocycles. The third-order valence-electron chi connectivity index (χ3n) is 3.98. The summed E-state index contributed by atoms with van der Waals surface area (Å²) in [4.78, 5) is 24.7. The van der Waals surface area contributed by atoms with Gasteiger partial charge in [0.1, 0.15) is 11.4 Å². The second kappa shape index (κ2) is 8.66. The van der Waals surface area contributed by atoms with E-state index in [0.717, 1.165) is 11.1 Å². The molecule has 2 amide bonds. The molecule has 3 N–H and O–H groups in total. The number of hydrogen-bond acceptors (Lipinski definition) is 4. The van der Waals surface area contributed by atoms with Crippen molar-refractivity contribution in [3.8, 4) is 5.75 Å². The first-order valence-electron chi connectivity index (χ1n) is 8.44. The molecule has 1 aromatic heterocycles. The van der Waals surface area contributed by atoms with Crippen molar-refractivity contribution in [3.63, 3.8) is 0 Å². The number of anilines is 1. The van der Waals surface area contributed by atoms with Crippen LogP contribution in [-0.2, 0) is 17.8 Å². The van der Waals surface area contributed by atoms with Gasteiger partial charge < -0.3 is 15.4 Å². The molecule has 27 heavy (non-hydrogen) atoms. The van der Waals surface area contributed by atoms with Gasteiger partial charge >= 0.3 is 0 Å². The second-order valence-corrected chi connectivity index (χ2v) is 5.86. The van der Waals surface area contributed by atoms with Crippen molar-refractivity contribution in [3.05, 3.63) is 77.6 Å². The average Bonchev–Trinajstić information content (AvgIpc) is 3.15. The van der Waals surface area contributed by atoms with Crippen LogP contribution in [0.2, 0.25) is 0 Å². The van der Waals surface area contributed by atoms with Gasteiger partial charge in [-0.25, -0.2) is 0 Å². The molecule has 0 aliphatic rings. The first kappa shape index (κ1) is 18.2. The van der Waals surface area contributed by atoms with Crippen LogP contribution in [0.1, 0.15) is 21.6 Å². The highest BCUT2D eigenvalue weighted by Crippen LogP contribution is 2.19. The summed E-state index contributed by atoms with van der Waals surface area (Å²) in [6.45, 7) is 0.382. The summed E-state index contributed by atoms with van der Waals surface area (Å²) in [5.74, 6) is 0.0302. The first-order chi connectivity index (χ1) is 13.2. The number of benzene rings is 2. The summed E-state index contributed by atoms with van der Waals surface area (Å²) >= 11 is 0. The van der Waals surface area contributed by atoms with Crippen LogP contribution in [0.3, 0.4) is 0 Å². The number of carbonyl (C=O) groups excluding carboxylic acids is 2. The molecule has 0 unspecified atom stereocenters. The van der Waals surface area contributed by atoms with Gasteiger partial charge in [0.15, 0.2) is 0 Å². The van der Waals surface area contributed by atoms with E-state index >= 15 is 0 Å². The Hall–Kier alpha value is -3.61. The number of ether oxygens (including phenoxy) is 1. The number of nitrogens with one attached hydrogen (secondary N) is 3. The topological polar surface area (TPSA) is 96.1 Å². The maximum Gasteiger partial charge on any atom is 0.271 e. The zero-order valence-electron chi connectivity index (χ0n) is 14.9. The van der Waals surface area contributed by atoms with E-state index in [-0.39, 0.29) is 23.9 Å². The van der Waals surface area contributed by atoms with Crippen molar-refractivity contribution < 1.29 is 14.3 Å². The van der Waals surface area contributed by atoms with Crippen LogP contribution >= 0.6 is 0 Å². The molecule has 0 radical (unpaired) electrons. The lowest BCUT2D eigenvalue weighted by atomic mass is 10.1. The molecule has 2 aromatic carbocycles. The van der Waals surface area contributed by atoms with E-state index in [1.54, 1.807) is 13.2 Å². The molecule has 1 heterocycles. The van der Waals surface area contributed by atoms with Gasteiger partial charge in [0.05, 0.1) is 25.4 Å². The Morgan fingerprint density at radius 2 is 1.81 bits per heavy atom. The van der Waals surface area contributed by atoms with E-state index in [9.17, 15) is 9.59 Å². The number of methoxy groups -OCH3 is 1. The maximum absolute atomic E-state index is 12.4. The van der Waals surface area contributed by atoms with Gasteiger partial charge in [-0.3, -0.25) is 14.7 Å². The minimum Gasteiger partial charge on any atom is -0.496 e. The van der Waals surface area contributed by atoms with Crippen LogP contribution < -0.4 is 15.4 Å². The molecule has 0 bridgehead atoms. The fraction of sp³-hybridized carbons (Fsp3) is 0.150. The SMILES string of the molecule is COc1ccccc1CC(=O)Nc1cn[nH]c1C(=O)NCc1ccccc1. The Kier molecular flexibility index (Phi) is 5.84. The number of carbonyl (C=O) groups is 2. The molecular formula is C20H20N4O3. The monoisotopic (exact) mass is 364 g/mol. The van der Waals surface area contributed by atoms with E-state index in [2.05, 4.69) is 20.8 Å². The standard InChI is InChI=1S/C20H20N4O3/c1-27-17-10-6-5-9-15(17)11-18(25)23-16-13-22-24-19(16)20(26)21-12-14-7-3-2-4-8-14/h2-10,13H,11-12H2,1H3,(H,21,26)(H,22,24)(H,23,25). The van der Waals surface area contributed by atoms with Crippen LogP contribution in [-0.4, -0.2) is 29.1 Å². The summed E-state index contributed by atoms with van der Waals surface area (Å²) < 4.78 is 5.25. The zero-order chi connectivity index (χ0) is 19.1. The van der Waals surface area contributed by atoms with Crippen LogP contribution in [0.4, 0.5) is 5.69 Å². The normalized spacial score (nSPS) is 10.3. The molecule has 0 spiro atoms. The Bertz CT molecular complexity index is 922. The van der Waals surface area contributed by atoms with Crippen molar-refractivity contribution in [1.29, 1.82) is 0 Å². The first-order valence-corrected chi connectivity index (χ1v) is 8.44. The number of hydrogen-bond donors (Lipinski definition) is 3. The van der Waals surface area contributed by atoms with E-state index in [1.807, 2.05) is 48.5 Å². The molecule has 7 nitrogen and oxygen atoms in total. The molecule has 0 saturated heterocycles. The molecule has 3 rings (SSSR count). The van der Waals surface area contributed by atoms with Crippen LogP contribution in [0, 0.1) is 0 Å².